The summed E-state index contributed by atoms with van der Waals surface area (Å²) in [5.74, 6) is 0. The molecule has 0 amide bonds. The maximum atomic E-state index is 6.39. The Labute approximate surface area is 135 Å². The first-order valence-corrected chi connectivity index (χ1v) is 8.44. The largest absolute Gasteiger partial charge is 0.310 e. The Morgan fingerprint density at radius 3 is 2.71 bits per heavy atom. The molecule has 0 radical (unpaired) electrons. The normalized spacial score (nSPS) is 14.4. The highest BCUT2D eigenvalue weighted by Crippen LogP contribution is 2.31. The van der Waals surface area contributed by atoms with Gasteiger partial charge in [0.15, 0.2) is 0 Å². The van der Waals surface area contributed by atoms with Crippen LogP contribution in [0.3, 0.4) is 0 Å². The number of pyridine rings is 1. The summed E-state index contributed by atoms with van der Waals surface area (Å²) in [5.41, 5.74) is 3.46. The number of rotatable bonds is 5. The predicted octanol–water partition coefficient (Wildman–Crippen LogP) is 4.76. The van der Waals surface area contributed by atoms with Crippen molar-refractivity contribution in [1.82, 2.24) is 10.3 Å². The highest BCUT2D eigenvalue weighted by atomic mass is 35.5. The number of nitrogens with one attached hydrogen (secondary N) is 1. The molecule has 1 aromatic carbocycles. The van der Waals surface area contributed by atoms with E-state index in [0.717, 1.165) is 27.2 Å². The van der Waals surface area contributed by atoms with Gasteiger partial charge in [0.2, 0.25) is 0 Å². The minimum Gasteiger partial charge on any atom is -0.310 e. The molecular weight excluding hydrogens is 300 g/mol. The van der Waals surface area contributed by atoms with Gasteiger partial charge in [-0.25, -0.2) is 4.98 Å². The Hall–Kier alpha value is -1.03. The number of halogens is 1. The number of hydrogen-bond acceptors (Lipinski definition) is 3. The van der Waals surface area contributed by atoms with Gasteiger partial charge in [0.05, 0.1) is 0 Å². The highest BCUT2D eigenvalue weighted by molar-refractivity contribution is 7.99. The Kier molecular flexibility index (Phi) is 4.53. The van der Waals surface area contributed by atoms with E-state index in [4.69, 9.17) is 11.6 Å². The molecule has 0 spiro atoms. The van der Waals surface area contributed by atoms with Gasteiger partial charge in [-0.2, -0.15) is 0 Å². The molecule has 0 saturated heterocycles. The lowest BCUT2D eigenvalue weighted by Gasteiger charge is -2.08. The lowest BCUT2D eigenvalue weighted by Crippen LogP contribution is -2.15. The van der Waals surface area contributed by atoms with Crippen molar-refractivity contribution in [2.75, 3.05) is 0 Å². The zero-order chi connectivity index (χ0) is 14.8. The molecule has 0 aliphatic heterocycles. The molecule has 1 fully saturated rings. The fraction of sp³-hybridized carbons (Fsp3) is 0.353. The second kappa shape index (κ2) is 6.39. The van der Waals surface area contributed by atoms with Crippen LogP contribution in [0.1, 0.15) is 29.7 Å². The van der Waals surface area contributed by atoms with Crippen LogP contribution in [-0.2, 0) is 6.54 Å². The van der Waals surface area contributed by atoms with Crippen molar-refractivity contribution in [3.63, 3.8) is 0 Å². The Morgan fingerprint density at radius 2 is 2.05 bits per heavy atom. The Bertz CT molecular complexity index is 633. The fourth-order valence-electron chi connectivity index (χ4n) is 2.25. The molecule has 21 heavy (non-hydrogen) atoms. The summed E-state index contributed by atoms with van der Waals surface area (Å²) in [6, 6.07) is 11.2. The van der Waals surface area contributed by atoms with Crippen LogP contribution in [0.5, 0.6) is 0 Å². The second-order valence-corrected chi connectivity index (χ2v) is 7.14. The van der Waals surface area contributed by atoms with Crippen molar-refractivity contribution in [1.29, 1.82) is 0 Å². The number of aryl methyl sites for hydroxylation is 2. The van der Waals surface area contributed by atoms with Crippen molar-refractivity contribution < 1.29 is 0 Å². The molecule has 1 heterocycles. The first kappa shape index (κ1) is 14.9. The van der Waals surface area contributed by atoms with Crippen LogP contribution in [-0.4, -0.2) is 11.0 Å². The number of nitrogens with zero attached hydrogens (tertiary/aromatic N) is 1. The monoisotopic (exact) mass is 318 g/mol. The van der Waals surface area contributed by atoms with E-state index in [1.807, 2.05) is 13.0 Å². The van der Waals surface area contributed by atoms with E-state index in [-0.39, 0.29) is 0 Å². The van der Waals surface area contributed by atoms with E-state index in [0.29, 0.717) is 6.04 Å². The van der Waals surface area contributed by atoms with Gasteiger partial charge in [0, 0.05) is 28.2 Å². The first-order valence-electron chi connectivity index (χ1n) is 7.25. The van der Waals surface area contributed by atoms with E-state index in [1.165, 1.54) is 24.0 Å². The summed E-state index contributed by atoms with van der Waals surface area (Å²) in [5, 5.41) is 5.35. The van der Waals surface area contributed by atoms with E-state index in [2.05, 4.69) is 41.5 Å². The molecule has 3 rings (SSSR count). The van der Waals surface area contributed by atoms with Crippen LogP contribution >= 0.6 is 23.4 Å². The molecule has 110 valence electrons. The van der Waals surface area contributed by atoms with Crippen LogP contribution in [0.4, 0.5) is 0 Å². The van der Waals surface area contributed by atoms with Crippen LogP contribution in [0.2, 0.25) is 5.02 Å². The lowest BCUT2D eigenvalue weighted by molar-refractivity contribution is 0.687. The molecule has 1 aliphatic carbocycles. The van der Waals surface area contributed by atoms with Gasteiger partial charge in [-0.1, -0.05) is 29.4 Å². The lowest BCUT2D eigenvalue weighted by atomic mass is 10.2. The van der Waals surface area contributed by atoms with Crippen molar-refractivity contribution in [2.24, 2.45) is 0 Å². The molecule has 1 N–H and O–H groups in total. The zero-order valence-corrected chi connectivity index (χ0v) is 13.9. The van der Waals surface area contributed by atoms with Gasteiger partial charge < -0.3 is 5.32 Å². The van der Waals surface area contributed by atoms with Gasteiger partial charge in [0.1, 0.15) is 5.03 Å². The molecule has 4 heteroatoms. The molecule has 2 nitrogen and oxygen atoms in total. The van der Waals surface area contributed by atoms with E-state index >= 15 is 0 Å². The summed E-state index contributed by atoms with van der Waals surface area (Å²) in [4.78, 5) is 5.69. The standard InChI is InChI=1S/C17H19ClN2S/c1-11-7-12(2)20-17(8-11)21-15-6-3-13(16(18)9-15)10-19-14-4-5-14/h3,6-9,14,19H,4-5,10H2,1-2H3. The minimum atomic E-state index is 0.703. The van der Waals surface area contributed by atoms with Crippen molar-refractivity contribution in [2.45, 2.75) is 49.2 Å². The molecule has 0 unspecified atom stereocenters. The Balaban J connectivity index is 1.71. The van der Waals surface area contributed by atoms with Crippen LogP contribution < -0.4 is 5.32 Å². The summed E-state index contributed by atoms with van der Waals surface area (Å²) < 4.78 is 0. The van der Waals surface area contributed by atoms with E-state index in [1.54, 1.807) is 11.8 Å². The summed E-state index contributed by atoms with van der Waals surface area (Å²) in [6.45, 7) is 4.98. The molecule has 0 atom stereocenters. The quantitative estimate of drug-likeness (QED) is 0.860. The smallest absolute Gasteiger partial charge is 0.101 e. The molecule has 1 aromatic heterocycles. The average Bonchev–Trinajstić information content (AvgIpc) is 3.20. The summed E-state index contributed by atoms with van der Waals surface area (Å²) in [7, 11) is 0. The van der Waals surface area contributed by atoms with E-state index in [9.17, 15) is 0 Å². The number of benzene rings is 1. The van der Waals surface area contributed by atoms with Crippen molar-refractivity contribution in [3.05, 3.63) is 52.2 Å². The third kappa shape index (κ3) is 4.22. The molecule has 1 aliphatic rings. The second-order valence-electron chi connectivity index (χ2n) is 5.63. The first-order chi connectivity index (χ1) is 10.1. The van der Waals surface area contributed by atoms with Gasteiger partial charge in [0.25, 0.3) is 0 Å². The van der Waals surface area contributed by atoms with Crippen molar-refractivity contribution >= 4 is 23.4 Å². The zero-order valence-electron chi connectivity index (χ0n) is 12.3. The molecule has 2 aromatic rings. The van der Waals surface area contributed by atoms with E-state index < -0.39 is 0 Å². The van der Waals surface area contributed by atoms with Crippen molar-refractivity contribution in [3.8, 4) is 0 Å². The van der Waals surface area contributed by atoms with Gasteiger partial charge in [-0.05, 0) is 62.1 Å². The number of aromatic nitrogens is 1. The van der Waals surface area contributed by atoms with Crippen LogP contribution in [0.15, 0.2) is 40.3 Å². The third-order valence-electron chi connectivity index (χ3n) is 3.48. The maximum absolute atomic E-state index is 6.39. The summed E-state index contributed by atoms with van der Waals surface area (Å²) >= 11 is 8.05. The highest BCUT2D eigenvalue weighted by Gasteiger charge is 2.20. The summed E-state index contributed by atoms with van der Waals surface area (Å²) in [6.07, 6.45) is 2.59. The molecular formula is C17H19ClN2S. The van der Waals surface area contributed by atoms with Gasteiger partial charge in [-0.3, -0.25) is 0 Å². The van der Waals surface area contributed by atoms with Crippen LogP contribution in [0.25, 0.3) is 0 Å². The molecule has 0 bridgehead atoms. The minimum absolute atomic E-state index is 0.703. The fourth-order valence-corrected chi connectivity index (χ4v) is 3.55. The molecule has 1 saturated carbocycles. The van der Waals surface area contributed by atoms with Gasteiger partial charge in [-0.15, -0.1) is 0 Å². The van der Waals surface area contributed by atoms with Gasteiger partial charge >= 0.3 is 0 Å². The maximum Gasteiger partial charge on any atom is 0.101 e. The topological polar surface area (TPSA) is 24.9 Å². The van der Waals surface area contributed by atoms with Crippen LogP contribution in [0, 0.1) is 13.8 Å². The number of hydrogen-bond donors (Lipinski definition) is 1. The predicted molar refractivity (Wildman–Crippen MR) is 89.1 cm³/mol. The Morgan fingerprint density at radius 1 is 1.24 bits per heavy atom. The SMILES string of the molecule is Cc1cc(C)nc(Sc2ccc(CNC3CC3)c(Cl)c2)c1. The third-order valence-corrected chi connectivity index (χ3v) is 4.74. The average molecular weight is 319 g/mol.